The molecular formula is C22H24N2O6S. The predicted molar refractivity (Wildman–Crippen MR) is 118 cm³/mol. The second-order valence-corrected chi connectivity index (χ2v) is 8.00. The number of carbonyl (C=O) groups excluding carboxylic acids is 2. The summed E-state index contributed by atoms with van der Waals surface area (Å²) >= 11 is 1.06. The minimum Gasteiger partial charge on any atom is -0.467 e. The fourth-order valence-corrected chi connectivity index (χ4v) is 4.67. The molecule has 0 aliphatic rings. The molecule has 0 fully saturated rings. The number of aromatic nitrogens is 2. The lowest BCUT2D eigenvalue weighted by Crippen LogP contribution is -2.44. The quantitative estimate of drug-likeness (QED) is 0.520. The summed E-state index contributed by atoms with van der Waals surface area (Å²) in [6.07, 6.45) is 0.534. The fourth-order valence-electron chi connectivity index (χ4n) is 3.46. The standard InChI is InChI=1S/C22H24N2O6S/c1-5-30-21(27)17-13(2)16-18(25)24(14(3)20(26)29-4)22(28)23(19(16)31-17)12-11-15-9-7-6-8-10-15/h6-10,14H,5,11-12H2,1-4H3. The van der Waals surface area contributed by atoms with Crippen molar-refractivity contribution in [3.05, 3.63) is 67.2 Å². The molecule has 0 aliphatic carbocycles. The second-order valence-electron chi connectivity index (χ2n) is 7.00. The highest BCUT2D eigenvalue weighted by Gasteiger charge is 2.27. The number of esters is 2. The normalized spacial score (nSPS) is 12.0. The molecule has 164 valence electrons. The van der Waals surface area contributed by atoms with Crippen LogP contribution in [-0.4, -0.2) is 34.8 Å². The Morgan fingerprint density at radius 1 is 1.16 bits per heavy atom. The molecule has 8 nitrogen and oxygen atoms in total. The molecular weight excluding hydrogens is 420 g/mol. The number of carbonyl (C=O) groups is 2. The van der Waals surface area contributed by atoms with Crippen molar-refractivity contribution in [3.63, 3.8) is 0 Å². The average Bonchev–Trinajstić information content (AvgIpc) is 3.11. The minimum absolute atomic E-state index is 0.191. The van der Waals surface area contributed by atoms with Crippen LogP contribution in [0, 0.1) is 6.92 Å². The molecule has 1 atom stereocenters. The summed E-state index contributed by atoms with van der Waals surface area (Å²) in [4.78, 5) is 51.8. The van der Waals surface area contributed by atoms with Crippen LogP contribution in [0.4, 0.5) is 0 Å². The molecule has 0 aliphatic heterocycles. The van der Waals surface area contributed by atoms with E-state index in [9.17, 15) is 19.2 Å². The van der Waals surface area contributed by atoms with Crippen molar-refractivity contribution in [1.82, 2.24) is 9.13 Å². The van der Waals surface area contributed by atoms with Crippen molar-refractivity contribution < 1.29 is 19.1 Å². The molecule has 0 amide bonds. The smallest absolute Gasteiger partial charge is 0.348 e. The van der Waals surface area contributed by atoms with E-state index < -0.39 is 29.2 Å². The highest BCUT2D eigenvalue weighted by atomic mass is 32.1. The predicted octanol–water partition coefficient (Wildman–Crippen LogP) is 2.69. The lowest BCUT2D eigenvalue weighted by Gasteiger charge is -2.16. The highest BCUT2D eigenvalue weighted by molar-refractivity contribution is 7.20. The van der Waals surface area contributed by atoms with E-state index in [4.69, 9.17) is 9.47 Å². The van der Waals surface area contributed by atoms with Gasteiger partial charge in [-0.2, -0.15) is 0 Å². The van der Waals surface area contributed by atoms with Crippen molar-refractivity contribution in [2.75, 3.05) is 13.7 Å². The Morgan fingerprint density at radius 3 is 2.45 bits per heavy atom. The first-order valence-corrected chi connectivity index (χ1v) is 10.7. The van der Waals surface area contributed by atoms with Gasteiger partial charge in [0.1, 0.15) is 15.7 Å². The average molecular weight is 445 g/mol. The Morgan fingerprint density at radius 2 is 1.84 bits per heavy atom. The number of nitrogens with zero attached hydrogens (tertiary/aromatic N) is 2. The molecule has 9 heteroatoms. The van der Waals surface area contributed by atoms with E-state index in [2.05, 4.69) is 0 Å². The summed E-state index contributed by atoms with van der Waals surface area (Å²) in [6.45, 7) is 5.25. The van der Waals surface area contributed by atoms with Gasteiger partial charge in [-0.05, 0) is 38.3 Å². The molecule has 31 heavy (non-hydrogen) atoms. The SMILES string of the molecule is CCOC(=O)c1sc2c(c1C)c(=O)n(C(C)C(=O)OC)c(=O)n2CCc1ccccc1. The minimum atomic E-state index is -1.11. The van der Waals surface area contributed by atoms with Gasteiger partial charge >= 0.3 is 17.6 Å². The number of hydrogen-bond acceptors (Lipinski definition) is 7. The van der Waals surface area contributed by atoms with Crippen LogP contribution in [0.1, 0.15) is 40.7 Å². The van der Waals surface area contributed by atoms with Gasteiger partial charge in [-0.15, -0.1) is 11.3 Å². The Kier molecular flexibility index (Phi) is 6.74. The summed E-state index contributed by atoms with van der Waals surface area (Å²) in [7, 11) is 1.20. The number of benzene rings is 1. The third kappa shape index (κ3) is 4.18. The summed E-state index contributed by atoms with van der Waals surface area (Å²) in [5.41, 5.74) is 0.198. The zero-order chi connectivity index (χ0) is 22.7. The Balaban J connectivity index is 2.26. The molecule has 0 bridgehead atoms. The van der Waals surface area contributed by atoms with Crippen molar-refractivity contribution in [2.45, 2.75) is 39.8 Å². The van der Waals surface area contributed by atoms with Gasteiger partial charge in [0.05, 0.1) is 19.1 Å². The first-order valence-electron chi connectivity index (χ1n) is 9.89. The number of thiophene rings is 1. The first-order chi connectivity index (χ1) is 14.8. The topological polar surface area (TPSA) is 96.6 Å². The molecule has 1 aromatic carbocycles. The van der Waals surface area contributed by atoms with Crippen LogP contribution in [-0.2, 0) is 27.2 Å². The van der Waals surface area contributed by atoms with Crippen molar-refractivity contribution in [2.24, 2.45) is 0 Å². The molecule has 1 unspecified atom stereocenters. The van der Waals surface area contributed by atoms with Crippen LogP contribution >= 0.6 is 11.3 Å². The van der Waals surface area contributed by atoms with Crippen LogP contribution in [0.25, 0.3) is 10.2 Å². The highest BCUT2D eigenvalue weighted by Crippen LogP contribution is 2.29. The van der Waals surface area contributed by atoms with Crippen LogP contribution in [0.15, 0.2) is 39.9 Å². The van der Waals surface area contributed by atoms with Crippen LogP contribution in [0.5, 0.6) is 0 Å². The van der Waals surface area contributed by atoms with Gasteiger partial charge in [0, 0.05) is 6.54 Å². The third-order valence-electron chi connectivity index (χ3n) is 5.10. The van der Waals surface area contributed by atoms with E-state index in [1.165, 1.54) is 18.6 Å². The molecule has 0 saturated carbocycles. The molecule has 0 spiro atoms. The van der Waals surface area contributed by atoms with Gasteiger partial charge in [0.2, 0.25) is 0 Å². The zero-order valence-electron chi connectivity index (χ0n) is 17.8. The summed E-state index contributed by atoms with van der Waals surface area (Å²) in [6, 6.07) is 8.49. The van der Waals surface area contributed by atoms with Gasteiger partial charge in [-0.25, -0.2) is 19.0 Å². The number of fused-ring (bicyclic) bond motifs is 1. The summed E-state index contributed by atoms with van der Waals surface area (Å²) < 4.78 is 12.2. The van der Waals surface area contributed by atoms with Gasteiger partial charge in [0.15, 0.2) is 0 Å². The van der Waals surface area contributed by atoms with E-state index in [0.29, 0.717) is 16.8 Å². The maximum atomic E-state index is 13.3. The third-order valence-corrected chi connectivity index (χ3v) is 6.40. The lowest BCUT2D eigenvalue weighted by molar-refractivity contribution is -0.144. The van der Waals surface area contributed by atoms with Gasteiger partial charge in [-0.1, -0.05) is 30.3 Å². The molecule has 0 saturated heterocycles. The number of rotatable bonds is 7. The Bertz CT molecular complexity index is 1240. The maximum Gasteiger partial charge on any atom is 0.348 e. The van der Waals surface area contributed by atoms with Gasteiger partial charge in [0.25, 0.3) is 5.56 Å². The van der Waals surface area contributed by atoms with Crippen LogP contribution in [0.3, 0.4) is 0 Å². The zero-order valence-corrected chi connectivity index (χ0v) is 18.7. The molecule has 0 N–H and O–H groups in total. The summed E-state index contributed by atoms with van der Waals surface area (Å²) in [5, 5.41) is 0.233. The first kappa shape index (κ1) is 22.5. The second kappa shape index (κ2) is 9.30. The lowest BCUT2D eigenvalue weighted by atomic mass is 10.1. The summed E-state index contributed by atoms with van der Waals surface area (Å²) in [5.74, 6) is -1.25. The van der Waals surface area contributed by atoms with Crippen molar-refractivity contribution >= 4 is 33.5 Å². The van der Waals surface area contributed by atoms with E-state index >= 15 is 0 Å². The van der Waals surface area contributed by atoms with E-state index in [-0.39, 0.29) is 23.4 Å². The van der Waals surface area contributed by atoms with Crippen LogP contribution in [0.2, 0.25) is 0 Å². The number of aryl methyl sites for hydroxylation is 3. The molecule has 3 aromatic rings. The largest absolute Gasteiger partial charge is 0.467 e. The molecule has 3 rings (SSSR count). The molecule has 0 radical (unpaired) electrons. The van der Waals surface area contributed by atoms with Crippen molar-refractivity contribution in [1.29, 1.82) is 0 Å². The maximum absolute atomic E-state index is 13.3. The monoisotopic (exact) mass is 444 g/mol. The molecule has 2 aromatic heterocycles. The fraction of sp³-hybridized carbons (Fsp3) is 0.364. The van der Waals surface area contributed by atoms with Gasteiger partial charge < -0.3 is 9.47 Å². The number of hydrogen-bond donors (Lipinski definition) is 0. The Labute approximate surface area is 182 Å². The van der Waals surface area contributed by atoms with Crippen molar-refractivity contribution in [3.8, 4) is 0 Å². The van der Waals surface area contributed by atoms with E-state index in [1.54, 1.807) is 13.8 Å². The molecule has 2 heterocycles. The van der Waals surface area contributed by atoms with E-state index in [0.717, 1.165) is 21.5 Å². The number of methoxy groups -OCH3 is 1. The number of ether oxygens (including phenoxy) is 2. The van der Waals surface area contributed by atoms with E-state index in [1.807, 2.05) is 30.3 Å². The van der Waals surface area contributed by atoms with Crippen LogP contribution < -0.4 is 11.2 Å². The van der Waals surface area contributed by atoms with Gasteiger partial charge in [-0.3, -0.25) is 9.36 Å². The Hall–Kier alpha value is -3.20.